The van der Waals surface area contributed by atoms with Crippen LogP contribution in [0.3, 0.4) is 0 Å². The van der Waals surface area contributed by atoms with Crippen LogP contribution < -0.4 is 10.1 Å². The lowest BCUT2D eigenvalue weighted by molar-refractivity contribution is -0.388. The number of rotatable bonds is 3. The highest BCUT2D eigenvalue weighted by Crippen LogP contribution is 2.32. The van der Waals surface area contributed by atoms with Gasteiger partial charge in [-0.1, -0.05) is 0 Å². The molecular formula is C11H12F2N2O3. The van der Waals surface area contributed by atoms with E-state index in [0.29, 0.717) is 18.9 Å². The Kier molecular flexibility index (Phi) is 3.71. The minimum Gasteiger partial charge on any atom is -0.483 e. The molecule has 18 heavy (non-hydrogen) atoms. The molecule has 0 atom stereocenters. The minimum atomic E-state index is -1.22. The summed E-state index contributed by atoms with van der Waals surface area (Å²) in [7, 11) is 0. The van der Waals surface area contributed by atoms with Gasteiger partial charge in [0.1, 0.15) is 11.9 Å². The lowest BCUT2D eigenvalue weighted by Crippen LogP contribution is -2.34. The lowest BCUT2D eigenvalue weighted by atomic mass is 10.1. The molecule has 1 aliphatic rings. The van der Waals surface area contributed by atoms with Crippen molar-refractivity contribution in [3.8, 4) is 5.75 Å². The standard InChI is InChI=1S/C11H12F2N2O3/c12-7-5-9(13)11(15(16)17)10(6-7)18-8-1-3-14-4-2-8/h5-6,8,14H,1-4H2. The zero-order valence-electron chi connectivity index (χ0n) is 9.49. The van der Waals surface area contributed by atoms with Gasteiger partial charge in [0.2, 0.25) is 11.6 Å². The molecule has 98 valence electrons. The van der Waals surface area contributed by atoms with Crippen LogP contribution in [0.1, 0.15) is 12.8 Å². The second kappa shape index (κ2) is 5.26. The maximum Gasteiger partial charge on any atom is 0.346 e. The SMILES string of the molecule is O=[N+]([O-])c1c(F)cc(F)cc1OC1CCNCC1. The van der Waals surface area contributed by atoms with Crippen LogP contribution >= 0.6 is 0 Å². The summed E-state index contributed by atoms with van der Waals surface area (Å²) in [6, 6.07) is 1.33. The van der Waals surface area contributed by atoms with E-state index in [4.69, 9.17) is 4.74 Å². The Morgan fingerprint density at radius 1 is 1.33 bits per heavy atom. The van der Waals surface area contributed by atoms with Gasteiger partial charge in [0.25, 0.3) is 0 Å². The molecule has 1 N–H and O–H groups in total. The Balaban J connectivity index is 2.27. The predicted octanol–water partition coefficient (Wildman–Crippen LogP) is 2.00. The topological polar surface area (TPSA) is 64.4 Å². The monoisotopic (exact) mass is 258 g/mol. The number of benzene rings is 1. The van der Waals surface area contributed by atoms with E-state index in [9.17, 15) is 18.9 Å². The number of hydrogen-bond acceptors (Lipinski definition) is 4. The van der Waals surface area contributed by atoms with E-state index in [1.807, 2.05) is 0 Å². The number of halogens is 2. The van der Waals surface area contributed by atoms with Crippen LogP contribution in [-0.2, 0) is 0 Å². The van der Waals surface area contributed by atoms with Crippen molar-refractivity contribution >= 4 is 5.69 Å². The fourth-order valence-corrected chi connectivity index (χ4v) is 1.90. The van der Waals surface area contributed by atoms with E-state index in [0.717, 1.165) is 19.2 Å². The van der Waals surface area contributed by atoms with Crippen LogP contribution in [0.25, 0.3) is 0 Å². The van der Waals surface area contributed by atoms with Gasteiger partial charge >= 0.3 is 5.69 Å². The average Bonchev–Trinajstić information content (AvgIpc) is 2.28. The summed E-state index contributed by atoms with van der Waals surface area (Å²) in [5, 5.41) is 13.8. The highest BCUT2D eigenvalue weighted by molar-refractivity contribution is 5.47. The third kappa shape index (κ3) is 2.73. The minimum absolute atomic E-state index is 0.258. The molecule has 0 unspecified atom stereocenters. The van der Waals surface area contributed by atoms with Gasteiger partial charge in [0.15, 0.2) is 0 Å². The number of nitrogens with one attached hydrogen (secondary N) is 1. The van der Waals surface area contributed by atoms with Crippen molar-refractivity contribution in [3.63, 3.8) is 0 Å². The van der Waals surface area contributed by atoms with Gasteiger partial charge in [0, 0.05) is 12.1 Å². The van der Waals surface area contributed by atoms with E-state index in [1.54, 1.807) is 0 Å². The second-order valence-electron chi connectivity index (χ2n) is 4.06. The summed E-state index contributed by atoms with van der Waals surface area (Å²) in [6.07, 6.45) is 1.04. The van der Waals surface area contributed by atoms with E-state index >= 15 is 0 Å². The van der Waals surface area contributed by atoms with Crippen molar-refractivity contribution < 1.29 is 18.4 Å². The van der Waals surface area contributed by atoms with E-state index < -0.39 is 22.2 Å². The Hall–Kier alpha value is -1.76. The summed E-state index contributed by atoms with van der Waals surface area (Å²) in [5.74, 6) is -2.45. The molecule has 0 saturated carbocycles. The van der Waals surface area contributed by atoms with Crippen molar-refractivity contribution in [2.24, 2.45) is 0 Å². The van der Waals surface area contributed by atoms with Gasteiger partial charge < -0.3 is 10.1 Å². The van der Waals surface area contributed by atoms with Crippen LogP contribution in [-0.4, -0.2) is 24.1 Å². The highest BCUT2D eigenvalue weighted by Gasteiger charge is 2.26. The Labute approximate surface area is 102 Å². The molecule has 0 radical (unpaired) electrons. The van der Waals surface area contributed by atoms with Gasteiger partial charge in [0.05, 0.1) is 4.92 Å². The fraction of sp³-hybridized carbons (Fsp3) is 0.455. The summed E-state index contributed by atoms with van der Waals surface area (Å²) in [5.41, 5.74) is -0.810. The van der Waals surface area contributed by atoms with Crippen molar-refractivity contribution in [3.05, 3.63) is 33.9 Å². The first-order valence-corrected chi connectivity index (χ1v) is 5.58. The lowest BCUT2D eigenvalue weighted by Gasteiger charge is -2.23. The molecule has 1 aromatic carbocycles. The smallest absolute Gasteiger partial charge is 0.346 e. The molecule has 0 spiro atoms. The molecule has 1 fully saturated rings. The van der Waals surface area contributed by atoms with Gasteiger partial charge in [-0.25, -0.2) is 4.39 Å². The molecular weight excluding hydrogens is 246 g/mol. The average molecular weight is 258 g/mol. The molecule has 1 aliphatic heterocycles. The summed E-state index contributed by atoms with van der Waals surface area (Å²) >= 11 is 0. The van der Waals surface area contributed by atoms with Gasteiger partial charge in [-0.15, -0.1) is 0 Å². The van der Waals surface area contributed by atoms with Crippen molar-refractivity contribution in [2.45, 2.75) is 18.9 Å². The third-order valence-electron chi connectivity index (χ3n) is 2.76. The number of nitro benzene ring substituents is 1. The van der Waals surface area contributed by atoms with Gasteiger partial charge in [-0.2, -0.15) is 4.39 Å². The Morgan fingerprint density at radius 2 is 2.00 bits per heavy atom. The van der Waals surface area contributed by atoms with E-state index in [2.05, 4.69) is 5.32 Å². The fourth-order valence-electron chi connectivity index (χ4n) is 1.90. The molecule has 2 rings (SSSR count). The second-order valence-corrected chi connectivity index (χ2v) is 4.06. The summed E-state index contributed by atoms with van der Waals surface area (Å²) < 4.78 is 31.8. The molecule has 0 aliphatic carbocycles. The molecule has 7 heteroatoms. The molecule has 1 heterocycles. The van der Waals surface area contributed by atoms with Crippen LogP contribution in [0, 0.1) is 21.7 Å². The van der Waals surface area contributed by atoms with E-state index in [-0.39, 0.29) is 11.9 Å². The maximum atomic E-state index is 13.3. The molecule has 1 aromatic rings. The highest BCUT2D eigenvalue weighted by atomic mass is 19.1. The first-order valence-electron chi connectivity index (χ1n) is 5.58. The number of ether oxygens (including phenoxy) is 1. The van der Waals surface area contributed by atoms with Crippen molar-refractivity contribution in [1.82, 2.24) is 5.32 Å². The van der Waals surface area contributed by atoms with Crippen LogP contribution in [0.4, 0.5) is 14.5 Å². The number of piperidine rings is 1. The molecule has 5 nitrogen and oxygen atoms in total. The normalized spacial score (nSPS) is 16.6. The molecule has 0 amide bonds. The van der Waals surface area contributed by atoms with Crippen molar-refractivity contribution in [1.29, 1.82) is 0 Å². The predicted molar refractivity (Wildman–Crippen MR) is 59.5 cm³/mol. The summed E-state index contributed by atoms with van der Waals surface area (Å²) in [6.45, 7) is 1.44. The van der Waals surface area contributed by atoms with Gasteiger partial charge in [-0.05, 0) is 25.9 Å². The Bertz CT molecular complexity index is 462. The Morgan fingerprint density at radius 3 is 2.61 bits per heavy atom. The first kappa shape index (κ1) is 12.7. The zero-order valence-corrected chi connectivity index (χ0v) is 9.49. The zero-order chi connectivity index (χ0) is 13.1. The number of nitro groups is 1. The molecule has 1 saturated heterocycles. The first-order chi connectivity index (χ1) is 8.58. The van der Waals surface area contributed by atoms with Crippen LogP contribution in [0.5, 0.6) is 5.75 Å². The van der Waals surface area contributed by atoms with Crippen molar-refractivity contribution in [2.75, 3.05) is 13.1 Å². The third-order valence-corrected chi connectivity index (χ3v) is 2.76. The summed E-state index contributed by atoms with van der Waals surface area (Å²) in [4.78, 5) is 9.85. The van der Waals surface area contributed by atoms with E-state index in [1.165, 1.54) is 0 Å². The van der Waals surface area contributed by atoms with Crippen LogP contribution in [0.15, 0.2) is 12.1 Å². The molecule has 0 aromatic heterocycles. The number of nitrogens with zero attached hydrogens (tertiary/aromatic N) is 1. The number of hydrogen-bond donors (Lipinski definition) is 1. The maximum absolute atomic E-state index is 13.3. The quantitative estimate of drug-likeness (QED) is 0.665. The van der Waals surface area contributed by atoms with Crippen LogP contribution in [0.2, 0.25) is 0 Å². The molecule has 0 bridgehead atoms. The van der Waals surface area contributed by atoms with Gasteiger partial charge in [-0.3, -0.25) is 10.1 Å². The largest absolute Gasteiger partial charge is 0.483 e.